The number of aliphatic carboxylic acids is 1. The number of anilines is 3. The predicted octanol–water partition coefficient (Wildman–Crippen LogP) is 6.03. The minimum Gasteiger partial charge on any atom is -0.480 e. The Morgan fingerprint density at radius 1 is 0.981 bits per heavy atom. The first-order valence-corrected chi connectivity index (χ1v) is 18.0. The van der Waals surface area contributed by atoms with Crippen LogP contribution >= 0.6 is 11.6 Å². The zero-order chi connectivity index (χ0) is 39.0. The number of alkyl halides is 3. The standard InChI is InChI=1S/C37H41ClF3N7O6/c1-19-25-16-22(35(25,2)3)17-27(19)44-30(51)28(49)13-12-26(31(52)53)43-29(50)20-4-10-24(11-5-20)42-32-45-33(47-34(46-32)54-18-37(39,40)41)48-36(14-15-36)21-6-8-23(38)9-7-21/h4-11,19,22,25-27H,12-18H2,1-3H3,(H,43,50)(H,44,51)(H,52,53)(H2,42,45,46,47,48)/t19-,22-,25-,26+,27-/m1/s1. The molecule has 54 heavy (non-hydrogen) atoms. The van der Waals surface area contributed by atoms with Crippen LogP contribution in [0.5, 0.6) is 6.01 Å². The van der Waals surface area contributed by atoms with Gasteiger partial charge in [0.15, 0.2) is 6.61 Å². The molecule has 4 fully saturated rings. The molecule has 1 heterocycles. The summed E-state index contributed by atoms with van der Waals surface area (Å²) >= 11 is 6.03. The Hall–Kier alpha value is -4.99. The highest BCUT2D eigenvalue weighted by Gasteiger charge is 2.56. The van der Waals surface area contributed by atoms with Crippen molar-refractivity contribution in [2.45, 2.75) is 83.1 Å². The third kappa shape index (κ3) is 8.86. The van der Waals surface area contributed by atoms with Gasteiger partial charge in [-0.1, -0.05) is 44.5 Å². The van der Waals surface area contributed by atoms with Gasteiger partial charge in [0.25, 0.3) is 11.8 Å². The van der Waals surface area contributed by atoms with Gasteiger partial charge in [0.1, 0.15) is 6.04 Å². The van der Waals surface area contributed by atoms with Crippen LogP contribution in [0, 0.1) is 23.2 Å². The maximum Gasteiger partial charge on any atom is 0.422 e. The average molecular weight is 772 g/mol. The number of halogens is 4. The average Bonchev–Trinajstić information content (AvgIpc) is 3.89. The molecule has 3 aromatic rings. The van der Waals surface area contributed by atoms with Crippen LogP contribution in [-0.4, -0.2) is 68.5 Å². The van der Waals surface area contributed by atoms with E-state index >= 15 is 0 Å². The Morgan fingerprint density at radius 3 is 2.24 bits per heavy atom. The first-order valence-electron chi connectivity index (χ1n) is 17.7. The SMILES string of the molecule is C[C@@H]1[C@H]2C[C@H](C[C@H]1NC(=O)C(=O)CC[C@H](NC(=O)c1ccc(Nc3nc(NC4(c5ccc(Cl)cc5)CC4)nc(OCC(F)(F)F)n3)cc1)C(=O)O)C2(C)C. The van der Waals surface area contributed by atoms with Crippen LogP contribution in [0.2, 0.25) is 5.02 Å². The summed E-state index contributed by atoms with van der Waals surface area (Å²) in [5.74, 6) is -2.63. The van der Waals surface area contributed by atoms with Gasteiger partial charge in [0.05, 0.1) is 5.54 Å². The number of amides is 2. The number of fused-ring (bicyclic) bond motifs is 2. The van der Waals surface area contributed by atoms with E-state index in [9.17, 15) is 37.5 Å². The van der Waals surface area contributed by atoms with Crippen molar-refractivity contribution in [1.82, 2.24) is 25.6 Å². The van der Waals surface area contributed by atoms with Crippen molar-refractivity contribution in [3.63, 3.8) is 0 Å². The monoisotopic (exact) mass is 771 g/mol. The molecule has 0 aliphatic heterocycles. The van der Waals surface area contributed by atoms with E-state index < -0.39 is 53.9 Å². The molecule has 4 aliphatic rings. The van der Waals surface area contributed by atoms with E-state index in [1.165, 1.54) is 24.3 Å². The van der Waals surface area contributed by atoms with E-state index in [1.807, 2.05) is 12.1 Å². The van der Waals surface area contributed by atoms with Crippen molar-refractivity contribution in [3.05, 3.63) is 64.7 Å². The number of ketones is 1. The highest BCUT2D eigenvalue weighted by atomic mass is 35.5. The van der Waals surface area contributed by atoms with Gasteiger partial charge in [-0.3, -0.25) is 14.4 Å². The van der Waals surface area contributed by atoms with Gasteiger partial charge >= 0.3 is 18.2 Å². The fourth-order valence-corrected chi connectivity index (χ4v) is 7.71. The molecular formula is C37H41ClF3N7O6. The summed E-state index contributed by atoms with van der Waals surface area (Å²) in [6, 6.07) is 10.7. The number of Topliss-reactive ketones (excluding diaryl/α,β-unsaturated/α-hetero) is 1. The number of carbonyl (C=O) groups excluding carboxylic acids is 3. The summed E-state index contributed by atoms with van der Waals surface area (Å²) in [6.07, 6.45) is -1.98. The van der Waals surface area contributed by atoms with Gasteiger partial charge in [-0.15, -0.1) is 0 Å². The van der Waals surface area contributed by atoms with Crippen LogP contribution in [-0.2, 0) is 19.9 Å². The molecule has 13 nitrogen and oxygen atoms in total. The minimum atomic E-state index is -4.64. The number of ether oxygens (including phenoxy) is 1. The Balaban J connectivity index is 1.06. The first-order chi connectivity index (χ1) is 25.4. The molecule has 0 unspecified atom stereocenters. The van der Waals surface area contributed by atoms with Crippen molar-refractivity contribution in [1.29, 1.82) is 0 Å². The summed E-state index contributed by atoms with van der Waals surface area (Å²) in [6.45, 7) is 4.92. The lowest BCUT2D eigenvalue weighted by molar-refractivity contribution is -0.154. The number of carboxylic acid groups (broad SMARTS) is 1. The molecule has 5 atom stereocenters. The van der Waals surface area contributed by atoms with Crippen LogP contribution in [0.3, 0.4) is 0 Å². The van der Waals surface area contributed by atoms with E-state index in [2.05, 4.69) is 57.0 Å². The van der Waals surface area contributed by atoms with Crippen LogP contribution in [0.1, 0.15) is 75.2 Å². The smallest absolute Gasteiger partial charge is 0.422 e. The number of nitrogens with zero attached hydrogens (tertiary/aromatic N) is 3. The fraction of sp³-hybridized carbons (Fsp3) is 0.486. The van der Waals surface area contributed by atoms with Crippen molar-refractivity contribution in [2.24, 2.45) is 23.2 Å². The van der Waals surface area contributed by atoms with Gasteiger partial charge in [-0.2, -0.15) is 28.1 Å². The molecule has 1 aromatic heterocycles. The highest BCUT2D eigenvalue weighted by molar-refractivity contribution is 6.36. The summed E-state index contributed by atoms with van der Waals surface area (Å²) in [4.78, 5) is 62.7. The molecule has 2 bridgehead atoms. The second kappa shape index (κ2) is 15.0. The second-order valence-electron chi connectivity index (χ2n) is 14.9. The molecule has 288 valence electrons. The maximum atomic E-state index is 13.0. The predicted molar refractivity (Wildman–Crippen MR) is 191 cm³/mol. The summed E-state index contributed by atoms with van der Waals surface area (Å²) in [5, 5.41) is 21.6. The lowest BCUT2D eigenvalue weighted by atomic mass is 9.45. The molecule has 0 saturated heterocycles. The van der Waals surface area contributed by atoms with Crippen molar-refractivity contribution in [2.75, 3.05) is 17.2 Å². The number of aromatic nitrogens is 3. The fourth-order valence-electron chi connectivity index (χ4n) is 7.58. The zero-order valence-electron chi connectivity index (χ0n) is 29.8. The first kappa shape index (κ1) is 38.7. The lowest BCUT2D eigenvalue weighted by Gasteiger charge is -2.62. The molecule has 0 spiro atoms. The number of benzene rings is 2. The van der Waals surface area contributed by atoms with Gasteiger partial charge in [0.2, 0.25) is 17.7 Å². The number of rotatable bonds is 15. The maximum absolute atomic E-state index is 13.0. The molecule has 4 saturated carbocycles. The lowest BCUT2D eigenvalue weighted by Crippen LogP contribution is -2.61. The molecule has 0 radical (unpaired) electrons. The van der Waals surface area contributed by atoms with Crippen molar-refractivity contribution >= 4 is 52.8 Å². The van der Waals surface area contributed by atoms with Crippen molar-refractivity contribution < 1.29 is 42.2 Å². The van der Waals surface area contributed by atoms with Crippen LogP contribution < -0.4 is 26.0 Å². The topological polar surface area (TPSA) is 185 Å². The molecule has 2 amide bonds. The van der Waals surface area contributed by atoms with Gasteiger partial charge in [-0.05, 0) is 97.2 Å². The van der Waals surface area contributed by atoms with Crippen LogP contribution in [0.4, 0.5) is 30.8 Å². The minimum absolute atomic E-state index is 0.0344. The molecule has 5 N–H and O–H groups in total. The van der Waals surface area contributed by atoms with Gasteiger partial charge < -0.3 is 31.1 Å². The third-order valence-corrected chi connectivity index (χ3v) is 11.3. The largest absolute Gasteiger partial charge is 0.480 e. The Labute approximate surface area is 314 Å². The summed E-state index contributed by atoms with van der Waals surface area (Å²) in [7, 11) is 0. The van der Waals surface area contributed by atoms with Gasteiger partial charge in [0, 0.05) is 28.7 Å². The zero-order valence-corrected chi connectivity index (χ0v) is 30.6. The summed E-state index contributed by atoms with van der Waals surface area (Å²) in [5.41, 5.74) is 0.960. The van der Waals surface area contributed by atoms with E-state index in [4.69, 9.17) is 16.3 Å². The Morgan fingerprint density at radius 2 is 1.65 bits per heavy atom. The quantitative estimate of drug-likeness (QED) is 0.114. The number of nitrogens with one attached hydrogen (secondary N) is 4. The molecule has 17 heteroatoms. The number of carboxylic acids is 1. The van der Waals surface area contributed by atoms with Crippen LogP contribution in [0.15, 0.2) is 48.5 Å². The molecular weight excluding hydrogens is 731 g/mol. The number of carbonyl (C=O) groups is 4. The van der Waals surface area contributed by atoms with E-state index in [0.717, 1.165) is 18.4 Å². The molecule has 2 aromatic carbocycles. The highest BCUT2D eigenvalue weighted by Crippen LogP contribution is 2.61. The molecule has 7 rings (SSSR count). The van der Waals surface area contributed by atoms with E-state index in [0.29, 0.717) is 35.4 Å². The normalized spacial score (nSPS) is 22.5. The van der Waals surface area contributed by atoms with Crippen LogP contribution in [0.25, 0.3) is 0 Å². The van der Waals surface area contributed by atoms with Crippen molar-refractivity contribution in [3.8, 4) is 6.01 Å². The molecule has 4 aliphatic carbocycles. The number of hydrogen-bond donors (Lipinski definition) is 5. The third-order valence-electron chi connectivity index (χ3n) is 11.1. The Bertz CT molecular complexity index is 1910. The second-order valence-corrected chi connectivity index (χ2v) is 15.4. The van der Waals surface area contributed by atoms with E-state index in [1.54, 1.807) is 12.1 Å². The van der Waals surface area contributed by atoms with E-state index in [-0.39, 0.29) is 47.7 Å². The Kier molecular flexibility index (Phi) is 10.8. The summed E-state index contributed by atoms with van der Waals surface area (Å²) < 4.78 is 43.7. The number of hydrogen-bond acceptors (Lipinski definition) is 10. The van der Waals surface area contributed by atoms with Gasteiger partial charge in [-0.25, -0.2) is 4.79 Å².